The van der Waals surface area contributed by atoms with Gasteiger partial charge in [0, 0.05) is 11.3 Å². The van der Waals surface area contributed by atoms with Crippen LogP contribution in [0.5, 0.6) is 0 Å². The Balaban J connectivity index is 1.89. The third-order valence-electron chi connectivity index (χ3n) is 3.98. The number of ketones is 1. The van der Waals surface area contributed by atoms with E-state index in [2.05, 4.69) is 10.4 Å². The number of carbonyl (C=O) groups is 2. The number of rotatable bonds is 5. The number of benzene rings is 2. The predicted octanol–water partition coefficient (Wildman–Crippen LogP) is 3.89. The van der Waals surface area contributed by atoms with Gasteiger partial charge in [-0.3, -0.25) is 9.59 Å². The first kappa shape index (κ1) is 16.6. The van der Waals surface area contributed by atoms with Crippen LogP contribution in [0, 0.1) is 0 Å². The van der Waals surface area contributed by atoms with E-state index in [9.17, 15) is 9.59 Å². The van der Waals surface area contributed by atoms with Gasteiger partial charge in [-0.15, -0.1) is 0 Å². The molecule has 1 aromatic heterocycles. The highest BCUT2D eigenvalue weighted by atomic mass is 16.1. The quantitative estimate of drug-likeness (QED) is 0.721. The molecule has 126 valence electrons. The Hall–Kier alpha value is -3.21. The number of carbonyl (C=O) groups excluding carboxylic acids is 2. The summed E-state index contributed by atoms with van der Waals surface area (Å²) in [6.45, 7) is 3.49. The molecule has 25 heavy (non-hydrogen) atoms. The van der Waals surface area contributed by atoms with E-state index in [1.54, 1.807) is 35.1 Å². The number of para-hydroxylation sites is 1. The van der Waals surface area contributed by atoms with Crippen molar-refractivity contribution in [3.8, 4) is 5.69 Å². The van der Waals surface area contributed by atoms with Crippen LogP contribution in [0.25, 0.3) is 5.69 Å². The highest BCUT2D eigenvalue weighted by molar-refractivity contribution is 6.05. The lowest BCUT2D eigenvalue weighted by molar-refractivity contribution is 0.101. The number of nitrogens with one attached hydrogen (secondary N) is 1. The van der Waals surface area contributed by atoms with Crippen molar-refractivity contribution in [3.05, 3.63) is 77.6 Å². The minimum Gasteiger partial charge on any atom is -0.322 e. The summed E-state index contributed by atoms with van der Waals surface area (Å²) in [4.78, 5) is 24.2. The van der Waals surface area contributed by atoms with Crippen LogP contribution in [0.3, 0.4) is 0 Å². The minimum atomic E-state index is -0.236. The number of amides is 1. The highest BCUT2D eigenvalue weighted by Crippen LogP contribution is 2.18. The summed E-state index contributed by atoms with van der Waals surface area (Å²) in [6, 6.07) is 16.6. The fraction of sp³-hybridized carbons (Fsp3) is 0.150. The second-order valence-electron chi connectivity index (χ2n) is 5.70. The molecule has 5 nitrogen and oxygen atoms in total. The molecule has 0 atom stereocenters. The largest absolute Gasteiger partial charge is 0.322 e. The molecular formula is C20H19N3O2. The van der Waals surface area contributed by atoms with Gasteiger partial charge < -0.3 is 5.32 Å². The van der Waals surface area contributed by atoms with Crippen LogP contribution in [0.4, 0.5) is 5.69 Å². The van der Waals surface area contributed by atoms with Crippen molar-refractivity contribution in [2.45, 2.75) is 20.3 Å². The molecular weight excluding hydrogens is 314 g/mol. The van der Waals surface area contributed by atoms with Crippen LogP contribution >= 0.6 is 0 Å². The van der Waals surface area contributed by atoms with Gasteiger partial charge >= 0.3 is 0 Å². The molecule has 1 N–H and O–H groups in total. The molecule has 0 spiro atoms. The second kappa shape index (κ2) is 7.13. The molecule has 5 heteroatoms. The zero-order valence-electron chi connectivity index (χ0n) is 14.2. The molecule has 0 fully saturated rings. The summed E-state index contributed by atoms with van der Waals surface area (Å²) in [7, 11) is 0. The van der Waals surface area contributed by atoms with Gasteiger partial charge in [0.1, 0.15) is 0 Å². The number of aromatic nitrogens is 2. The van der Waals surface area contributed by atoms with Gasteiger partial charge in [-0.1, -0.05) is 37.3 Å². The average Bonchev–Trinajstić information content (AvgIpc) is 3.06. The van der Waals surface area contributed by atoms with Crippen LogP contribution in [0.1, 0.15) is 40.3 Å². The van der Waals surface area contributed by atoms with Gasteiger partial charge in [-0.2, -0.15) is 5.10 Å². The lowest BCUT2D eigenvalue weighted by Crippen LogP contribution is -2.14. The molecule has 1 amide bonds. The molecule has 0 bridgehead atoms. The van der Waals surface area contributed by atoms with E-state index in [4.69, 9.17) is 0 Å². The SMILES string of the molecule is CCc1c(C(=O)Nc2cccc(C(C)=O)c2)cnn1-c1ccccc1. The van der Waals surface area contributed by atoms with Gasteiger partial charge in [-0.25, -0.2) is 4.68 Å². The maximum absolute atomic E-state index is 12.7. The number of nitrogens with zero attached hydrogens (tertiary/aromatic N) is 2. The van der Waals surface area contributed by atoms with Crippen molar-refractivity contribution < 1.29 is 9.59 Å². The summed E-state index contributed by atoms with van der Waals surface area (Å²) in [5.74, 6) is -0.276. The number of anilines is 1. The Bertz CT molecular complexity index is 914. The van der Waals surface area contributed by atoms with Crippen molar-refractivity contribution in [1.82, 2.24) is 9.78 Å². The number of Topliss-reactive ketones (excluding diaryl/α,β-unsaturated/α-hetero) is 1. The average molecular weight is 333 g/mol. The van der Waals surface area contributed by atoms with E-state index in [0.717, 1.165) is 11.4 Å². The third kappa shape index (κ3) is 3.50. The van der Waals surface area contributed by atoms with E-state index in [1.807, 2.05) is 37.3 Å². The Morgan fingerprint density at radius 2 is 1.84 bits per heavy atom. The molecule has 3 rings (SSSR count). The van der Waals surface area contributed by atoms with Crippen molar-refractivity contribution >= 4 is 17.4 Å². The molecule has 0 radical (unpaired) electrons. The van der Waals surface area contributed by atoms with Gasteiger partial charge in [0.2, 0.25) is 0 Å². The molecule has 0 saturated heterocycles. The highest BCUT2D eigenvalue weighted by Gasteiger charge is 2.17. The maximum atomic E-state index is 12.7. The van der Waals surface area contributed by atoms with Crippen LogP contribution in [-0.4, -0.2) is 21.5 Å². The number of hydrogen-bond acceptors (Lipinski definition) is 3. The van der Waals surface area contributed by atoms with Gasteiger partial charge in [0.15, 0.2) is 5.78 Å². The Labute approximate surface area is 146 Å². The molecule has 3 aromatic rings. The van der Waals surface area contributed by atoms with E-state index in [-0.39, 0.29) is 11.7 Å². The van der Waals surface area contributed by atoms with Crippen molar-refractivity contribution in [2.24, 2.45) is 0 Å². The van der Waals surface area contributed by atoms with E-state index in [1.165, 1.54) is 6.92 Å². The summed E-state index contributed by atoms with van der Waals surface area (Å²) in [6.07, 6.45) is 2.25. The number of hydrogen-bond donors (Lipinski definition) is 1. The molecule has 2 aromatic carbocycles. The van der Waals surface area contributed by atoms with Crippen LogP contribution in [-0.2, 0) is 6.42 Å². The van der Waals surface area contributed by atoms with Crippen LogP contribution in [0.2, 0.25) is 0 Å². The third-order valence-corrected chi connectivity index (χ3v) is 3.98. The van der Waals surface area contributed by atoms with E-state index >= 15 is 0 Å². The normalized spacial score (nSPS) is 10.5. The standard InChI is InChI=1S/C20H19N3O2/c1-3-19-18(13-21-23(19)17-10-5-4-6-11-17)20(25)22-16-9-7-8-15(12-16)14(2)24/h4-13H,3H2,1-2H3,(H,22,25). The topological polar surface area (TPSA) is 64.0 Å². The van der Waals surface area contributed by atoms with Gasteiger partial charge in [0.25, 0.3) is 5.91 Å². The molecule has 0 unspecified atom stereocenters. The van der Waals surface area contributed by atoms with E-state index < -0.39 is 0 Å². The van der Waals surface area contributed by atoms with Gasteiger partial charge in [0.05, 0.1) is 23.1 Å². The molecule has 0 saturated carbocycles. The monoisotopic (exact) mass is 333 g/mol. The van der Waals surface area contributed by atoms with Crippen molar-refractivity contribution in [1.29, 1.82) is 0 Å². The molecule has 1 heterocycles. The molecule has 0 aliphatic carbocycles. The fourth-order valence-corrected chi connectivity index (χ4v) is 2.71. The lowest BCUT2D eigenvalue weighted by atomic mass is 10.1. The molecule has 0 aliphatic heterocycles. The summed E-state index contributed by atoms with van der Waals surface area (Å²) in [5.41, 5.74) is 3.43. The summed E-state index contributed by atoms with van der Waals surface area (Å²) in [5, 5.41) is 7.22. The first-order valence-corrected chi connectivity index (χ1v) is 8.15. The van der Waals surface area contributed by atoms with Gasteiger partial charge in [-0.05, 0) is 37.6 Å². The minimum absolute atomic E-state index is 0.0396. The maximum Gasteiger partial charge on any atom is 0.259 e. The summed E-state index contributed by atoms with van der Waals surface area (Å²) >= 11 is 0. The Morgan fingerprint density at radius 1 is 1.08 bits per heavy atom. The Kier molecular flexibility index (Phi) is 4.75. The van der Waals surface area contributed by atoms with Crippen LogP contribution in [0.15, 0.2) is 60.8 Å². The Morgan fingerprint density at radius 3 is 2.52 bits per heavy atom. The van der Waals surface area contributed by atoms with Crippen molar-refractivity contribution in [3.63, 3.8) is 0 Å². The summed E-state index contributed by atoms with van der Waals surface area (Å²) < 4.78 is 1.78. The zero-order chi connectivity index (χ0) is 17.8. The predicted molar refractivity (Wildman–Crippen MR) is 97.3 cm³/mol. The second-order valence-corrected chi connectivity index (χ2v) is 5.70. The van der Waals surface area contributed by atoms with Crippen LogP contribution < -0.4 is 5.32 Å². The lowest BCUT2D eigenvalue weighted by Gasteiger charge is -2.09. The smallest absolute Gasteiger partial charge is 0.259 e. The molecule has 0 aliphatic rings. The van der Waals surface area contributed by atoms with E-state index in [0.29, 0.717) is 23.2 Å². The zero-order valence-corrected chi connectivity index (χ0v) is 14.2. The first-order chi connectivity index (χ1) is 12.1. The van der Waals surface area contributed by atoms with Crippen molar-refractivity contribution in [2.75, 3.05) is 5.32 Å². The fourth-order valence-electron chi connectivity index (χ4n) is 2.71. The first-order valence-electron chi connectivity index (χ1n) is 8.15.